The zero-order valence-electron chi connectivity index (χ0n) is 20.1. The molecule has 7 nitrogen and oxygen atoms in total. The highest BCUT2D eigenvalue weighted by atomic mass is 16.5. The van der Waals surface area contributed by atoms with E-state index >= 15 is 0 Å². The predicted molar refractivity (Wildman–Crippen MR) is 129 cm³/mol. The van der Waals surface area contributed by atoms with Crippen molar-refractivity contribution in [2.45, 2.75) is 57.5 Å². The number of ether oxygens (including phenoxy) is 1. The molecule has 1 aliphatic heterocycles. The molecule has 0 N–H and O–H groups in total. The Morgan fingerprint density at radius 1 is 1.06 bits per heavy atom. The van der Waals surface area contributed by atoms with E-state index in [9.17, 15) is 14.4 Å². The molecular formula is C28H31N3O4. The summed E-state index contributed by atoms with van der Waals surface area (Å²) in [6.07, 6.45) is 9.90. The molecule has 4 bridgehead atoms. The number of anilines is 1. The van der Waals surface area contributed by atoms with E-state index in [0.717, 1.165) is 24.8 Å². The van der Waals surface area contributed by atoms with Gasteiger partial charge < -0.3 is 9.64 Å². The quantitative estimate of drug-likeness (QED) is 0.593. The second kappa shape index (κ2) is 8.47. The summed E-state index contributed by atoms with van der Waals surface area (Å²) in [6.45, 7) is 0.286. The lowest BCUT2D eigenvalue weighted by Gasteiger charge is -2.56. The Morgan fingerprint density at radius 2 is 1.71 bits per heavy atom. The maximum absolute atomic E-state index is 14.4. The number of nitrogens with zero attached hydrogens (tertiary/aromatic N) is 3. The zero-order valence-corrected chi connectivity index (χ0v) is 20.1. The van der Waals surface area contributed by atoms with Crippen molar-refractivity contribution >= 4 is 23.4 Å². The van der Waals surface area contributed by atoms with Crippen LogP contribution in [0, 0.1) is 23.2 Å². The molecule has 1 aromatic heterocycles. The van der Waals surface area contributed by atoms with Gasteiger partial charge in [-0.2, -0.15) is 0 Å². The first-order chi connectivity index (χ1) is 17.0. The molecule has 2 aromatic rings. The third-order valence-electron chi connectivity index (χ3n) is 8.66. The summed E-state index contributed by atoms with van der Waals surface area (Å²) in [5.41, 5.74) is 0.981. The van der Waals surface area contributed by atoms with Crippen LogP contribution in [-0.2, 0) is 20.9 Å². The van der Waals surface area contributed by atoms with Gasteiger partial charge in [0, 0.05) is 18.9 Å². The van der Waals surface area contributed by atoms with Gasteiger partial charge in [-0.1, -0.05) is 6.07 Å². The molecule has 1 aromatic carbocycles. The predicted octanol–water partition coefficient (Wildman–Crippen LogP) is 3.97. The molecule has 0 spiro atoms. The molecular weight excluding hydrogens is 442 g/mol. The van der Waals surface area contributed by atoms with Crippen LogP contribution in [0.3, 0.4) is 0 Å². The number of aromatic nitrogens is 1. The number of pyridine rings is 1. The first-order valence-electron chi connectivity index (χ1n) is 12.7. The smallest absolute Gasteiger partial charge is 0.257 e. The van der Waals surface area contributed by atoms with Crippen molar-refractivity contribution in [1.29, 1.82) is 0 Å². The SMILES string of the molecule is COc1ccc(N2C(=O)CC(N(Cc3cccnc3)C(=O)C34CC5CC(CC(C5)C3)C4)C2=O)cc1. The lowest BCUT2D eigenvalue weighted by molar-refractivity contribution is -0.162. The molecule has 5 fully saturated rings. The Hall–Kier alpha value is -3.22. The maximum atomic E-state index is 14.4. The van der Waals surface area contributed by atoms with E-state index < -0.39 is 11.5 Å². The second-order valence-corrected chi connectivity index (χ2v) is 11.0. The van der Waals surface area contributed by atoms with Crippen LogP contribution in [0.25, 0.3) is 0 Å². The summed E-state index contributed by atoms with van der Waals surface area (Å²) in [5, 5.41) is 0. The Morgan fingerprint density at radius 3 is 2.29 bits per heavy atom. The number of hydrogen-bond acceptors (Lipinski definition) is 5. The standard InChI is InChI=1S/C28H31N3O4/c1-35-23-6-4-22(5-7-23)31-25(32)12-24(26(31)33)30(17-18-3-2-8-29-16-18)27(34)28-13-19-9-20(14-28)11-21(10-19)15-28/h2-8,16,19-21,24H,9-15,17H2,1H3. The summed E-state index contributed by atoms with van der Waals surface area (Å²) in [7, 11) is 1.57. The summed E-state index contributed by atoms with van der Waals surface area (Å²) in [4.78, 5) is 48.3. The largest absolute Gasteiger partial charge is 0.497 e. The number of carbonyl (C=O) groups excluding carboxylic acids is 3. The first-order valence-corrected chi connectivity index (χ1v) is 12.7. The molecule has 0 radical (unpaired) electrons. The fourth-order valence-corrected chi connectivity index (χ4v) is 7.55. The molecule has 4 aliphatic carbocycles. The molecule has 5 aliphatic rings. The van der Waals surface area contributed by atoms with Crippen LogP contribution in [0.4, 0.5) is 5.69 Å². The van der Waals surface area contributed by atoms with E-state index in [4.69, 9.17) is 4.74 Å². The summed E-state index contributed by atoms with van der Waals surface area (Å²) in [6, 6.07) is 9.86. The van der Waals surface area contributed by atoms with Crippen molar-refractivity contribution in [2.24, 2.45) is 23.2 Å². The van der Waals surface area contributed by atoms with Gasteiger partial charge in [-0.15, -0.1) is 0 Å². The number of hydrogen-bond donors (Lipinski definition) is 0. The van der Waals surface area contributed by atoms with Gasteiger partial charge in [0.05, 0.1) is 24.6 Å². The molecule has 7 heteroatoms. The highest BCUT2D eigenvalue weighted by Crippen LogP contribution is 2.60. The van der Waals surface area contributed by atoms with Crippen molar-refractivity contribution in [3.63, 3.8) is 0 Å². The van der Waals surface area contributed by atoms with E-state index in [1.165, 1.54) is 24.2 Å². The highest BCUT2D eigenvalue weighted by molar-refractivity contribution is 6.23. The van der Waals surface area contributed by atoms with Crippen LogP contribution < -0.4 is 9.64 Å². The minimum Gasteiger partial charge on any atom is -0.497 e. The maximum Gasteiger partial charge on any atom is 0.257 e. The monoisotopic (exact) mass is 473 g/mol. The number of rotatable bonds is 6. The summed E-state index contributed by atoms with van der Waals surface area (Å²) in [5.74, 6) is 1.94. The van der Waals surface area contributed by atoms with Crippen molar-refractivity contribution in [3.8, 4) is 5.75 Å². The molecule has 182 valence electrons. The van der Waals surface area contributed by atoms with Crippen molar-refractivity contribution in [1.82, 2.24) is 9.88 Å². The van der Waals surface area contributed by atoms with Gasteiger partial charge in [0.1, 0.15) is 11.8 Å². The van der Waals surface area contributed by atoms with E-state index in [1.807, 2.05) is 12.1 Å². The Bertz CT molecular complexity index is 1110. The van der Waals surface area contributed by atoms with Gasteiger partial charge in [0.2, 0.25) is 11.8 Å². The number of imide groups is 1. The molecule has 3 amide bonds. The summed E-state index contributed by atoms with van der Waals surface area (Å²) >= 11 is 0. The van der Waals surface area contributed by atoms with Crippen molar-refractivity contribution in [2.75, 3.05) is 12.0 Å². The number of carbonyl (C=O) groups is 3. The van der Waals surface area contributed by atoms with Crippen molar-refractivity contribution in [3.05, 3.63) is 54.4 Å². The Labute approximate surface area is 205 Å². The van der Waals surface area contributed by atoms with Gasteiger partial charge in [-0.3, -0.25) is 19.4 Å². The highest BCUT2D eigenvalue weighted by Gasteiger charge is 2.57. The fraction of sp³-hybridized carbons (Fsp3) is 0.500. The molecule has 1 unspecified atom stereocenters. The average molecular weight is 474 g/mol. The van der Waals surface area contributed by atoms with Crippen LogP contribution >= 0.6 is 0 Å². The van der Waals surface area contributed by atoms with Gasteiger partial charge >= 0.3 is 0 Å². The number of methoxy groups -OCH3 is 1. The van der Waals surface area contributed by atoms with Gasteiger partial charge in [0.25, 0.3) is 5.91 Å². The molecule has 1 atom stereocenters. The Kier molecular flexibility index (Phi) is 5.38. The number of benzene rings is 1. The van der Waals surface area contributed by atoms with Crippen LogP contribution in [0.5, 0.6) is 5.75 Å². The minimum absolute atomic E-state index is 0.00320. The Balaban J connectivity index is 1.33. The van der Waals surface area contributed by atoms with Crippen molar-refractivity contribution < 1.29 is 19.1 Å². The normalized spacial score (nSPS) is 31.2. The van der Waals surface area contributed by atoms with Crippen LogP contribution in [-0.4, -0.2) is 40.8 Å². The van der Waals surface area contributed by atoms with E-state index in [-0.39, 0.29) is 30.7 Å². The molecule has 1 saturated heterocycles. The number of amides is 3. The van der Waals surface area contributed by atoms with E-state index in [1.54, 1.807) is 48.7 Å². The van der Waals surface area contributed by atoms with Crippen LogP contribution in [0.15, 0.2) is 48.8 Å². The first kappa shape index (κ1) is 22.3. The second-order valence-electron chi connectivity index (χ2n) is 11.0. The third-order valence-corrected chi connectivity index (χ3v) is 8.66. The average Bonchev–Trinajstić information content (AvgIpc) is 3.15. The molecule has 7 rings (SSSR count). The zero-order chi connectivity index (χ0) is 24.2. The molecule has 35 heavy (non-hydrogen) atoms. The van der Waals surface area contributed by atoms with E-state index in [0.29, 0.717) is 29.2 Å². The molecule has 4 saturated carbocycles. The third kappa shape index (κ3) is 3.81. The van der Waals surface area contributed by atoms with Crippen LogP contribution in [0.2, 0.25) is 0 Å². The molecule has 2 heterocycles. The van der Waals surface area contributed by atoms with Gasteiger partial charge in [0.15, 0.2) is 0 Å². The van der Waals surface area contributed by atoms with Gasteiger partial charge in [-0.25, -0.2) is 4.90 Å². The topological polar surface area (TPSA) is 79.8 Å². The lowest BCUT2D eigenvalue weighted by Crippen LogP contribution is -2.57. The van der Waals surface area contributed by atoms with E-state index in [2.05, 4.69) is 4.98 Å². The minimum atomic E-state index is -0.801. The fourth-order valence-electron chi connectivity index (χ4n) is 7.55. The van der Waals surface area contributed by atoms with Crippen LogP contribution in [0.1, 0.15) is 50.5 Å². The summed E-state index contributed by atoms with van der Waals surface area (Å²) < 4.78 is 5.21. The van der Waals surface area contributed by atoms with Gasteiger partial charge in [-0.05, 0) is 92.2 Å². The lowest BCUT2D eigenvalue weighted by atomic mass is 9.49.